The van der Waals surface area contributed by atoms with E-state index in [-0.39, 0.29) is 83.2 Å². The molecule has 0 fully saturated rings. The Morgan fingerprint density at radius 1 is 1.25 bits per heavy atom. The van der Waals surface area contributed by atoms with Gasteiger partial charge in [0.25, 0.3) is 0 Å². The van der Waals surface area contributed by atoms with Crippen LogP contribution < -0.4 is 0 Å². The van der Waals surface area contributed by atoms with Crippen molar-refractivity contribution in [2.24, 2.45) is 0 Å². The summed E-state index contributed by atoms with van der Waals surface area (Å²) < 4.78 is 0. The number of hydrogen-bond acceptors (Lipinski definition) is 0. The van der Waals surface area contributed by atoms with Crippen LogP contribution >= 0.6 is 0 Å². The molecule has 0 rings (SSSR count). The Morgan fingerprint density at radius 2 is 1.25 bits per heavy atom. The van der Waals surface area contributed by atoms with Crippen molar-refractivity contribution in [1.82, 2.24) is 0 Å². The van der Waals surface area contributed by atoms with Gasteiger partial charge < -0.3 is 2.85 Å². The summed E-state index contributed by atoms with van der Waals surface area (Å²) in [6.07, 6.45) is 0. The molecule has 21 valence electrons. The fourth-order valence-corrected chi connectivity index (χ4v) is 0. The minimum atomic E-state index is 0. The Kier molecular flexibility index (Phi) is 135. The van der Waals surface area contributed by atoms with Crippen LogP contribution in [0.4, 0.5) is 0 Å². The zero-order chi connectivity index (χ0) is 0. The SMILES string of the molecule is [Fe].[H-].[H-].[Mg+2].[Ti].[V]. The summed E-state index contributed by atoms with van der Waals surface area (Å²) in [5, 5.41) is 0. The molecule has 0 aromatic carbocycles. The van der Waals surface area contributed by atoms with Gasteiger partial charge in [-0.15, -0.1) is 0 Å². The van der Waals surface area contributed by atoms with Crippen molar-refractivity contribution in [1.29, 1.82) is 0 Å². The Morgan fingerprint density at radius 3 is 1.25 bits per heavy atom. The molecule has 0 aromatic rings. The van der Waals surface area contributed by atoms with Crippen LogP contribution in [-0.4, -0.2) is 23.1 Å². The summed E-state index contributed by atoms with van der Waals surface area (Å²) in [6, 6.07) is 0. The number of hydrogen-bond donors (Lipinski definition) is 0. The van der Waals surface area contributed by atoms with Gasteiger partial charge in [0.15, 0.2) is 0 Å². The normalized spacial score (nSPS) is 0. The quantitative estimate of drug-likeness (QED) is 0.455. The summed E-state index contributed by atoms with van der Waals surface area (Å²) in [6.45, 7) is 0. The van der Waals surface area contributed by atoms with Crippen molar-refractivity contribution in [3.8, 4) is 0 Å². The second-order valence-electron chi connectivity index (χ2n) is 0. The van der Waals surface area contributed by atoms with E-state index in [4.69, 9.17) is 0 Å². The van der Waals surface area contributed by atoms with Gasteiger partial charge in [0.2, 0.25) is 0 Å². The van der Waals surface area contributed by atoms with Gasteiger partial charge in [0.1, 0.15) is 0 Å². The molecule has 0 aliphatic rings. The van der Waals surface area contributed by atoms with Crippen LogP contribution in [0, 0.1) is 0 Å². The van der Waals surface area contributed by atoms with Crippen LogP contribution in [0.2, 0.25) is 0 Å². The predicted molar refractivity (Wildman–Crippen MR) is 7.98 cm³/mol. The fourth-order valence-electron chi connectivity index (χ4n) is 0. The van der Waals surface area contributed by atoms with Gasteiger partial charge in [-0.2, -0.15) is 0 Å². The van der Waals surface area contributed by atoms with E-state index in [1.807, 2.05) is 0 Å². The first kappa shape index (κ1) is 30.7. The molecule has 1 radical (unpaired) electrons. The van der Waals surface area contributed by atoms with E-state index in [9.17, 15) is 0 Å². The molecule has 0 nitrogen and oxygen atoms in total. The average molecular weight is 181 g/mol. The third-order valence-electron chi connectivity index (χ3n) is 0. The van der Waals surface area contributed by atoms with E-state index in [0.717, 1.165) is 0 Å². The summed E-state index contributed by atoms with van der Waals surface area (Å²) in [7, 11) is 0. The monoisotopic (exact) mass is 181 g/mol. The first-order valence-corrected chi connectivity index (χ1v) is 0. The van der Waals surface area contributed by atoms with Crippen LogP contribution in [0.5, 0.6) is 0 Å². The zero-order valence-electron chi connectivity index (χ0n) is 4.01. The maximum absolute atomic E-state index is 0. The molecule has 0 atom stereocenters. The zero-order valence-corrected chi connectivity index (χ0v) is 7.48. The van der Waals surface area contributed by atoms with Crippen molar-refractivity contribution in [3.05, 3.63) is 0 Å². The molecule has 0 N–H and O–H groups in total. The van der Waals surface area contributed by atoms with Crippen molar-refractivity contribution in [3.63, 3.8) is 0 Å². The Bertz CT molecular complexity index is 13.5. The first-order valence-electron chi connectivity index (χ1n) is 0. The third-order valence-corrected chi connectivity index (χ3v) is 0. The van der Waals surface area contributed by atoms with Crippen LogP contribution in [0.1, 0.15) is 2.85 Å². The topological polar surface area (TPSA) is 0 Å². The van der Waals surface area contributed by atoms with Crippen molar-refractivity contribution < 1.29 is 60.2 Å². The molecule has 0 saturated carbocycles. The molecule has 0 aliphatic carbocycles. The van der Waals surface area contributed by atoms with Crippen molar-refractivity contribution in [2.75, 3.05) is 0 Å². The predicted octanol–water partition coefficient (Wildman–Crippen LogP) is -0.163. The van der Waals surface area contributed by atoms with Crippen LogP contribution in [-0.2, 0) is 57.3 Å². The number of rotatable bonds is 0. The molecule has 4 heteroatoms. The molecule has 0 spiro atoms. The maximum atomic E-state index is 0. The van der Waals surface area contributed by atoms with Gasteiger partial charge in [0, 0.05) is 57.3 Å². The first-order chi connectivity index (χ1) is 0. The van der Waals surface area contributed by atoms with Gasteiger partial charge in [-0.05, 0) is 0 Å². The molecular weight excluding hydrogens is 179 g/mol. The van der Waals surface area contributed by atoms with Crippen molar-refractivity contribution >= 4 is 23.1 Å². The molecule has 0 aromatic heterocycles. The van der Waals surface area contributed by atoms with Crippen molar-refractivity contribution in [2.45, 2.75) is 0 Å². The Labute approximate surface area is 82.2 Å². The van der Waals surface area contributed by atoms with E-state index in [0.29, 0.717) is 0 Å². The van der Waals surface area contributed by atoms with Gasteiger partial charge in [-0.25, -0.2) is 0 Å². The molecule has 4 heavy (non-hydrogen) atoms. The minimum absolute atomic E-state index is 0. The van der Waals surface area contributed by atoms with Crippen LogP contribution in [0.3, 0.4) is 0 Å². The molecule has 0 heterocycles. The summed E-state index contributed by atoms with van der Waals surface area (Å²) in [4.78, 5) is 0. The molecule has 0 unspecified atom stereocenters. The van der Waals surface area contributed by atoms with E-state index >= 15 is 0 Å². The van der Waals surface area contributed by atoms with E-state index in [1.54, 1.807) is 0 Å². The molecule has 0 amide bonds. The standard InChI is InChI=1S/Fe.Mg.Ti.V.2H/q;+2;;;2*-1. The van der Waals surface area contributed by atoms with E-state index < -0.39 is 0 Å². The van der Waals surface area contributed by atoms with Gasteiger partial charge >= 0.3 is 23.1 Å². The summed E-state index contributed by atoms with van der Waals surface area (Å²) >= 11 is 0. The minimum Gasteiger partial charge on any atom is -1.00 e. The Hall–Kier alpha value is 2.58. The second kappa shape index (κ2) is 17.6. The Balaban J connectivity index is 0. The third kappa shape index (κ3) is 8.82. The molecule has 0 bridgehead atoms. The van der Waals surface area contributed by atoms with Crippen LogP contribution in [0.25, 0.3) is 0 Å². The van der Waals surface area contributed by atoms with Crippen LogP contribution in [0.15, 0.2) is 0 Å². The van der Waals surface area contributed by atoms with Gasteiger partial charge in [-0.3, -0.25) is 0 Å². The summed E-state index contributed by atoms with van der Waals surface area (Å²) in [5.74, 6) is 0. The smallest absolute Gasteiger partial charge is 1.00 e. The largest absolute Gasteiger partial charge is 2.00 e. The van der Waals surface area contributed by atoms with Gasteiger partial charge in [-0.1, -0.05) is 0 Å². The molecule has 0 saturated heterocycles. The fraction of sp³-hybridized carbons (Fsp3) is 0. The van der Waals surface area contributed by atoms with E-state index in [2.05, 4.69) is 0 Å². The summed E-state index contributed by atoms with van der Waals surface area (Å²) in [5.41, 5.74) is 0. The van der Waals surface area contributed by atoms with Gasteiger partial charge in [0.05, 0.1) is 0 Å². The molecular formula is H2FeMgTiV. The second-order valence-corrected chi connectivity index (χ2v) is 0. The molecule has 0 aliphatic heterocycles. The average Bonchev–Trinajstić information content (AvgIpc) is 0. The van der Waals surface area contributed by atoms with E-state index in [1.165, 1.54) is 0 Å². The maximum Gasteiger partial charge on any atom is 2.00 e.